The Balaban J connectivity index is 1.56. The first-order chi connectivity index (χ1) is 15.5. The van der Waals surface area contributed by atoms with Crippen LogP contribution in [0.3, 0.4) is 0 Å². The molecule has 1 atom stereocenters. The largest absolute Gasteiger partial charge is 0.510 e. The number of aliphatic imine (C=N–C) groups is 3. The Morgan fingerprint density at radius 2 is 1.91 bits per heavy atom. The third-order valence-electron chi connectivity index (χ3n) is 6.06. The van der Waals surface area contributed by atoms with Gasteiger partial charge in [0.25, 0.3) is 0 Å². The second-order valence-electron chi connectivity index (χ2n) is 8.10. The molecule has 1 fully saturated rings. The lowest BCUT2D eigenvalue weighted by molar-refractivity contribution is -0.139. The molecule has 7 heteroatoms. The van der Waals surface area contributed by atoms with Crippen molar-refractivity contribution in [1.82, 2.24) is 5.32 Å². The van der Waals surface area contributed by atoms with Gasteiger partial charge in [0, 0.05) is 28.1 Å². The van der Waals surface area contributed by atoms with Gasteiger partial charge in [0.2, 0.25) is 0 Å². The van der Waals surface area contributed by atoms with E-state index < -0.39 is 11.9 Å². The van der Waals surface area contributed by atoms with Crippen LogP contribution in [-0.4, -0.2) is 33.3 Å². The fourth-order valence-corrected chi connectivity index (χ4v) is 4.64. The van der Waals surface area contributed by atoms with Gasteiger partial charge in [0.05, 0.1) is 34.2 Å². The first kappa shape index (κ1) is 18.5. The number of carbonyl (C=O) groups is 1. The molecule has 6 rings (SSSR count). The summed E-state index contributed by atoms with van der Waals surface area (Å²) in [5, 5.41) is 23.9. The van der Waals surface area contributed by atoms with Gasteiger partial charge < -0.3 is 15.5 Å². The zero-order valence-electron chi connectivity index (χ0n) is 17.0. The number of aliphatic hydroxyl groups excluding tert-OH is 1. The molecule has 6 aliphatic rings. The number of nitrogens with zero attached hydrogens (tertiary/aromatic N) is 3. The third-order valence-corrected chi connectivity index (χ3v) is 6.06. The van der Waals surface area contributed by atoms with Crippen LogP contribution >= 0.6 is 0 Å². The van der Waals surface area contributed by atoms with Crippen LogP contribution in [0, 0.1) is 5.92 Å². The maximum atomic E-state index is 12.0. The lowest BCUT2D eigenvalue weighted by Crippen LogP contribution is -2.21. The van der Waals surface area contributed by atoms with E-state index >= 15 is 0 Å². The van der Waals surface area contributed by atoms with E-state index in [4.69, 9.17) is 4.99 Å². The number of allylic oxidation sites excluding steroid dienone is 11. The van der Waals surface area contributed by atoms with E-state index in [0.717, 1.165) is 39.8 Å². The number of hydrogen-bond acceptors (Lipinski definition) is 6. The van der Waals surface area contributed by atoms with Gasteiger partial charge in [-0.05, 0) is 55.4 Å². The first-order valence-electron chi connectivity index (χ1n) is 10.3. The normalized spacial score (nSPS) is 24.9. The first-order valence-corrected chi connectivity index (χ1v) is 10.3. The van der Waals surface area contributed by atoms with Crippen molar-refractivity contribution in [3.63, 3.8) is 0 Å². The molecular weight excluding hydrogens is 404 g/mol. The van der Waals surface area contributed by atoms with Crippen molar-refractivity contribution in [2.24, 2.45) is 20.9 Å². The molecule has 3 N–H and O–H groups in total. The minimum atomic E-state index is -1.13. The second kappa shape index (κ2) is 6.62. The number of aliphatic carboxylic acids is 1. The molecule has 0 aromatic rings. The highest BCUT2D eigenvalue weighted by atomic mass is 16.4. The Morgan fingerprint density at radius 3 is 2.72 bits per heavy atom. The van der Waals surface area contributed by atoms with E-state index in [9.17, 15) is 15.0 Å². The van der Waals surface area contributed by atoms with Crippen molar-refractivity contribution in [1.29, 1.82) is 0 Å². The van der Waals surface area contributed by atoms with Gasteiger partial charge in [-0.3, -0.25) is 4.79 Å². The summed E-state index contributed by atoms with van der Waals surface area (Å²) < 4.78 is 0. The van der Waals surface area contributed by atoms with Gasteiger partial charge in [-0.2, -0.15) is 0 Å². The summed E-state index contributed by atoms with van der Waals surface area (Å²) >= 11 is 0. The molecule has 0 aromatic heterocycles. The molecule has 32 heavy (non-hydrogen) atoms. The lowest BCUT2D eigenvalue weighted by Gasteiger charge is -2.12. The SMILES string of the molecule is C=CC1=CC2=NC1=CC1=NC(=CC3=CC4=C(O)[C@H](C(=O)O)C(=C5CCC(=C2)N5)C4=N3)C=C1. The van der Waals surface area contributed by atoms with Gasteiger partial charge in [-0.25, -0.2) is 15.0 Å². The number of rotatable bonds is 2. The number of carboxylic acids is 1. The highest BCUT2D eigenvalue weighted by Crippen LogP contribution is 2.42. The van der Waals surface area contributed by atoms with Crippen molar-refractivity contribution in [3.05, 3.63) is 106 Å². The molecule has 1 aliphatic carbocycles. The van der Waals surface area contributed by atoms with Crippen LogP contribution < -0.4 is 5.32 Å². The summed E-state index contributed by atoms with van der Waals surface area (Å²) in [5.41, 5.74) is 7.80. The van der Waals surface area contributed by atoms with Crippen LogP contribution in [0.1, 0.15) is 12.8 Å². The monoisotopic (exact) mass is 422 g/mol. The van der Waals surface area contributed by atoms with Crippen molar-refractivity contribution in [2.75, 3.05) is 0 Å². The molecule has 0 radical (unpaired) electrons. The highest BCUT2D eigenvalue weighted by molar-refractivity contribution is 6.23. The summed E-state index contributed by atoms with van der Waals surface area (Å²) in [6, 6.07) is 0. The summed E-state index contributed by atoms with van der Waals surface area (Å²) in [6.07, 6.45) is 16.3. The lowest BCUT2D eigenvalue weighted by atomic mass is 9.97. The van der Waals surface area contributed by atoms with E-state index in [-0.39, 0.29) is 5.76 Å². The highest BCUT2D eigenvalue weighted by Gasteiger charge is 2.44. The Morgan fingerprint density at radius 1 is 1.03 bits per heavy atom. The third kappa shape index (κ3) is 2.75. The molecular formula is C25H18N4O3. The maximum absolute atomic E-state index is 12.0. The van der Waals surface area contributed by atoms with Gasteiger partial charge in [-0.1, -0.05) is 12.7 Å². The fraction of sp³-hybridized carbons (Fsp3) is 0.120. The van der Waals surface area contributed by atoms with E-state index in [1.807, 2.05) is 36.5 Å². The summed E-state index contributed by atoms with van der Waals surface area (Å²) in [6.45, 7) is 3.89. The Kier molecular flexibility index (Phi) is 3.83. The maximum Gasteiger partial charge on any atom is 0.318 e. The van der Waals surface area contributed by atoms with Gasteiger partial charge in [-0.15, -0.1) is 0 Å². The smallest absolute Gasteiger partial charge is 0.318 e. The average Bonchev–Trinajstić information content (AvgIpc) is 3.54. The quantitative estimate of drug-likeness (QED) is 0.630. The number of fused-ring (bicyclic) bond motifs is 5. The van der Waals surface area contributed by atoms with Crippen LogP contribution in [0.5, 0.6) is 0 Å². The summed E-state index contributed by atoms with van der Waals surface area (Å²) in [7, 11) is 0. The van der Waals surface area contributed by atoms with E-state index in [2.05, 4.69) is 21.9 Å². The summed E-state index contributed by atoms with van der Waals surface area (Å²) in [5.74, 6) is -2.40. The molecule has 5 aliphatic heterocycles. The molecule has 7 nitrogen and oxygen atoms in total. The molecule has 0 aromatic carbocycles. The van der Waals surface area contributed by atoms with Crippen LogP contribution in [0.15, 0.2) is 121 Å². The number of aliphatic hydroxyl groups is 1. The Labute approximate surface area is 183 Å². The van der Waals surface area contributed by atoms with Crippen LogP contribution in [0.2, 0.25) is 0 Å². The molecule has 0 amide bonds. The Bertz CT molecular complexity index is 1380. The zero-order chi connectivity index (χ0) is 22.0. The van der Waals surface area contributed by atoms with Crippen LogP contribution in [0.4, 0.5) is 0 Å². The molecule has 1 saturated heterocycles. The van der Waals surface area contributed by atoms with E-state index in [1.165, 1.54) is 0 Å². The standard InChI is InChI=1S/C25H18N4O3/c1-2-12-7-16-9-14-5-6-19(27-14)21-22(25(31)32)24(30)18-10-17(29-23(18)21)8-13-3-4-15(26-13)11-20(12)28-16/h2-4,7-11,22,27,30H,1,5-6H2,(H,31,32)/t22-/m1/s1. The minimum absolute atomic E-state index is 0.176. The molecule has 0 unspecified atom stereocenters. The fourth-order valence-electron chi connectivity index (χ4n) is 4.64. The van der Waals surface area contributed by atoms with E-state index in [0.29, 0.717) is 35.4 Å². The topological polar surface area (TPSA) is 107 Å². The number of nitrogens with one attached hydrogen (secondary N) is 1. The van der Waals surface area contributed by atoms with Crippen molar-refractivity contribution >= 4 is 23.1 Å². The zero-order valence-corrected chi connectivity index (χ0v) is 17.0. The molecule has 5 heterocycles. The van der Waals surface area contributed by atoms with Crippen LogP contribution in [0.25, 0.3) is 0 Å². The van der Waals surface area contributed by atoms with Crippen molar-refractivity contribution in [3.8, 4) is 0 Å². The predicted molar refractivity (Wildman–Crippen MR) is 122 cm³/mol. The average molecular weight is 422 g/mol. The minimum Gasteiger partial charge on any atom is -0.510 e. The molecule has 156 valence electrons. The summed E-state index contributed by atoms with van der Waals surface area (Å²) in [4.78, 5) is 26.0. The predicted octanol–water partition coefficient (Wildman–Crippen LogP) is 3.73. The van der Waals surface area contributed by atoms with Gasteiger partial charge >= 0.3 is 5.97 Å². The Hall–Kier alpha value is -4.26. The van der Waals surface area contributed by atoms with Crippen LogP contribution in [-0.2, 0) is 4.79 Å². The molecule has 8 bridgehead atoms. The van der Waals surface area contributed by atoms with Crippen molar-refractivity contribution in [2.45, 2.75) is 12.8 Å². The number of carboxylic acid groups (broad SMARTS) is 1. The second-order valence-corrected chi connectivity index (χ2v) is 8.10. The van der Waals surface area contributed by atoms with Crippen molar-refractivity contribution < 1.29 is 15.0 Å². The molecule has 0 saturated carbocycles. The van der Waals surface area contributed by atoms with Gasteiger partial charge in [0.1, 0.15) is 11.7 Å². The van der Waals surface area contributed by atoms with E-state index in [1.54, 1.807) is 12.2 Å². The number of hydrogen-bond donors (Lipinski definition) is 3. The molecule has 0 spiro atoms. The van der Waals surface area contributed by atoms with Gasteiger partial charge in [0.15, 0.2) is 0 Å².